The first-order valence-corrected chi connectivity index (χ1v) is 5.99. The van der Waals surface area contributed by atoms with Gasteiger partial charge in [0.1, 0.15) is 0 Å². The molecule has 0 aromatic carbocycles. The number of carbonyl (C=O) groups excluding carboxylic acids is 1. The van der Waals surface area contributed by atoms with Crippen molar-refractivity contribution in [2.75, 3.05) is 27.2 Å². The Morgan fingerprint density at radius 1 is 1.27 bits per heavy atom. The van der Waals surface area contributed by atoms with Gasteiger partial charge in [0.05, 0.1) is 0 Å². The maximum absolute atomic E-state index is 11.7. The predicted molar refractivity (Wildman–Crippen MR) is 60.7 cm³/mol. The molecule has 86 valence electrons. The van der Waals surface area contributed by atoms with Crippen LogP contribution in [0.1, 0.15) is 32.6 Å². The summed E-state index contributed by atoms with van der Waals surface area (Å²) in [6, 6.07) is 0.180. The highest BCUT2D eigenvalue weighted by Gasteiger charge is 2.46. The number of hydrogen-bond acceptors (Lipinski definition) is 1. The fraction of sp³-hybridized carbons (Fsp3) is 0.917. The number of hydrogen-bond donors (Lipinski definition) is 0. The van der Waals surface area contributed by atoms with Crippen LogP contribution in [0, 0.1) is 11.3 Å². The Morgan fingerprint density at radius 2 is 1.80 bits per heavy atom. The van der Waals surface area contributed by atoms with E-state index in [1.807, 2.05) is 19.0 Å². The summed E-state index contributed by atoms with van der Waals surface area (Å²) in [5.41, 5.74) is 0.498. The van der Waals surface area contributed by atoms with Gasteiger partial charge in [-0.2, -0.15) is 0 Å². The van der Waals surface area contributed by atoms with Gasteiger partial charge in [0, 0.05) is 32.6 Å². The molecular weight excluding hydrogens is 188 g/mol. The first kappa shape index (κ1) is 10.8. The van der Waals surface area contributed by atoms with E-state index in [1.54, 1.807) is 4.90 Å². The lowest BCUT2D eigenvalue weighted by Gasteiger charge is -2.53. The molecule has 2 aliphatic rings. The molecule has 2 rings (SSSR count). The molecule has 0 radical (unpaired) electrons. The molecule has 1 aliphatic carbocycles. The molecule has 1 spiro atoms. The van der Waals surface area contributed by atoms with Crippen molar-refractivity contribution in [1.29, 1.82) is 0 Å². The van der Waals surface area contributed by atoms with E-state index in [0.717, 1.165) is 19.0 Å². The highest BCUT2D eigenvalue weighted by atomic mass is 16.2. The van der Waals surface area contributed by atoms with Crippen LogP contribution >= 0.6 is 0 Å². The summed E-state index contributed by atoms with van der Waals surface area (Å²) in [6.07, 6.45) is 5.35. The van der Waals surface area contributed by atoms with Gasteiger partial charge in [0.15, 0.2) is 0 Å². The van der Waals surface area contributed by atoms with Gasteiger partial charge in [-0.25, -0.2) is 4.79 Å². The lowest BCUT2D eigenvalue weighted by Crippen LogP contribution is -2.61. The Balaban J connectivity index is 1.84. The monoisotopic (exact) mass is 210 g/mol. The predicted octanol–water partition coefficient (Wildman–Crippen LogP) is 2.18. The topological polar surface area (TPSA) is 23.6 Å². The molecule has 1 aliphatic heterocycles. The zero-order chi connectivity index (χ0) is 11.1. The third-order valence-electron chi connectivity index (χ3n) is 4.04. The Hall–Kier alpha value is -0.730. The number of carbonyl (C=O) groups is 1. The second kappa shape index (κ2) is 3.69. The van der Waals surface area contributed by atoms with Crippen LogP contribution < -0.4 is 0 Å². The van der Waals surface area contributed by atoms with Gasteiger partial charge in [-0.1, -0.05) is 19.8 Å². The van der Waals surface area contributed by atoms with E-state index in [0.29, 0.717) is 5.41 Å². The van der Waals surface area contributed by atoms with Gasteiger partial charge < -0.3 is 9.80 Å². The lowest BCUT2D eigenvalue weighted by molar-refractivity contribution is -0.0155. The summed E-state index contributed by atoms with van der Waals surface area (Å²) in [5.74, 6) is 0.897. The van der Waals surface area contributed by atoms with Gasteiger partial charge in [0.2, 0.25) is 0 Å². The number of nitrogens with zero attached hydrogens (tertiary/aromatic N) is 2. The first-order valence-electron chi connectivity index (χ1n) is 5.99. The molecule has 1 heterocycles. The molecule has 0 aromatic rings. The van der Waals surface area contributed by atoms with Crippen molar-refractivity contribution in [2.45, 2.75) is 32.6 Å². The van der Waals surface area contributed by atoms with Crippen molar-refractivity contribution < 1.29 is 4.79 Å². The number of urea groups is 1. The van der Waals surface area contributed by atoms with E-state index in [1.165, 1.54) is 25.7 Å². The van der Waals surface area contributed by atoms with Gasteiger partial charge in [-0.05, 0) is 18.8 Å². The summed E-state index contributed by atoms with van der Waals surface area (Å²) in [6.45, 7) is 4.34. The molecule has 0 N–H and O–H groups in total. The zero-order valence-corrected chi connectivity index (χ0v) is 10.1. The second-order valence-corrected chi connectivity index (χ2v) is 5.72. The Labute approximate surface area is 92.4 Å². The van der Waals surface area contributed by atoms with Crippen LogP contribution in [0.3, 0.4) is 0 Å². The van der Waals surface area contributed by atoms with Crippen molar-refractivity contribution in [3.05, 3.63) is 0 Å². The fourth-order valence-corrected chi connectivity index (χ4v) is 2.87. The van der Waals surface area contributed by atoms with E-state index >= 15 is 0 Å². The third-order valence-corrected chi connectivity index (χ3v) is 4.04. The average Bonchev–Trinajstić information content (AvgIpc) is 2.15. The van der Waals surface area contributed by atoms with Crippen LogP contribution in [0.4, 0.5) is 4.79 Å². The van der Waals surface area contributed by atoms with Crippen LogP contribution in [0.15, 0.2) is 0 Å². The largest absolute Gasteiger partial charge is 0.331 e. The molecule has 2 amide bonds. The average molecular weight is 210 g/mol. The molecule has 2 fully saturated rings. The summed E-state index contributed by atoms with van der Waals surface area (Å²) in [4.78, 5) is 15.3. The molecule has 0 bridgehead atoms. The number of likely N-dealkylation sites (tertiary alicyclic amines) is 1. The highest BCUT2D eigenvalue weighted by molar-refractivity contribution is 5.74. The molecule has 1 saturated carbocycles. The molecule has 15 heavy (non-hydrogen) atoms. The number of rotatable bonds is 0. The smallest absolute Gasteiger partial charge is 0.319 e. The van der Waals surface area contributed by atoms with Crippen molar-refractivity contribution in [3.63, 3.8) is 0 Å². The minimum atomic E-state index is 0.180. The summed E-state index contributed by atoms with van der Waals surface area (Å²) in [5, 5.41) is 0. The van der Waals surface area contributed by atoms with Crippen molar-refractivity contribution in [1.82, 2.24) is 9.80 Å². The lowest BCUT2D eigenvalue weighted by atomic mass is 9.66. The van der Waals surface area contributed by atoms with E-state index in [4.69, 9.17) is 0 Å². The van der Waals surface area contributed by atoms with Crippen LogP contribution in [0.25, 0.3) is 0 Å². The SMILES string of the molecule is CC1CCC2(CC1)CN(C(=O)N(C)C)C2. The Morgan fingerprint density at radius 3 is 2.27 bits per heavy atom. The number of amides is 2. The van der Waals surface area contributed by atoms with Crippen molar-refractivity contribution >= 4 is 6.03 Å². The zero-order valence-electron chi connectivity index (χ0n) is 10.1. The minimum Gasteiger partial charge on any atom is -0.331 e. The molecular formula is C12H22N2O. The molecule has 0 unspecified atom stereocenters. The van der Waals surface area contributed by atoms with Gasteiger partial charge >= 0.3 is 6.03 Å². The first-order chi connectivity index (χ1) is 7.02. The van der Waals surface area contributed by atoms with E-state index < -0.39 is 0 Å². The van der Waals surface area contributed by atoms with Crippen LogP contribution in [-0.4, -0.2) is 43.0 Å². The Bertz CT molecular complexity index is 246. The third kappa shape index (κ3) is 1.97. The molecule has 0 atom stereocenters. The maximum atomic E-state index is 11.7. The summed E-state index contributed by atoms with van der Waals surface area (Å²) in [7, 11) is 3.66. The second-order valence-electron chi connectivity index (χ2n) is 5.72. The summed E-state index contributed by atoms with van der Waals surface area (Å²) < 4.78 is 0. The minimum absolute atomic E-state index is 0.180. The van der Waals surface area contributed by atoms with Crippen LogP contribution in [-0.2, 0) is 0 Å². The highest BCUT2D eigenvalue weighted by Crippen LogP contribution is 2.45. The van der Waals surface area contributed by atoms with Gasteiger partial charge in [-0.3, -0.25) is 0 Å². The van der Waals surface area contributed by atoms with E-state index in [-0.39, 0.29) is 6.03 Å². The van der Waals surface area contributed by atoms with E-state index in [2.05, 4.69) is 6.92 Å². The molecule has 3 heteroatoms. The molecule has 1 saturated heterocycles. The quantitative estimate of drug-likeness (QED) is 0.601. The van der Waals surface area contributed by atoms with Gasteiger partial charge in [0.25, 0.3) is 0 Å². The molecule has 0 aromatic heterocycles. The Kier molecular flexibility index (Phi) is 2.65. The summed E-state index contributed by atoms with van der Waals surface area (Å²) >= 11 is 0. The van der Waals surface area contributed by atoms with E-state index in [9.17, 15) is 4.79 Å². The maximum Gasteiger partial charge on any atom is 0.319 e. The van der Waals surface area contributed by atoms with Crippen LogP contribution in [0.5, 0.6) is 0 Å². The fourth-order valence-electron chi connectivity index (χ4n) is 2.87. The molecule has 3 nitrogen and oxygen atoms in total. The van der Waals surface area contributed by atoms with Gasteiger partial charge in [-0.15, -0.1) is 0 Å². The standard InChI is InChI=1S/C12H22N2O/c1-10-4-6-12(7-5-10)8-14(9-12)11(15)13(2)3/h10H,4-9H2,1-3H3. The van der Waals surface area contributed by atoms with Crippen LogP contribution in [0.2, 0.25) is 0 Å². The van der Waals surface area contributed by atoms with Crippen molar-refractivity contribution in [3.8, 4) is 0 Å². The van der Waals surface area contributed by atoms with Crippen molar-refractivity contribution in [2.24, 2.45) is 11.3 Å². The normalized spacial score (nSPS) is 25.1.